The molecule has 0 spiro atoms. The number of rotatable bonds is 6. The van der Waals surface area contributed by atoms with Gasteiger partial charge in [0.05, 0.1) is 36.7 Å². The first-order chi connectivity index (χ1) is 12.9. The molecule has 7 nitrogen and oxygen atoms in total. The van der Waals surface area contributed by atoms with Crippen LogP contribution in [0.3, 0.4) is 0 Å². The number of nitrogens with zero attached hydrogens (tertiary/aromatic N) is 2. The lowest BCUT2D eigenvalue weighted by Crippen LogP contribution is -2.07. The maximum Gasteiger partial charge on any atom is 0.216 e. The highest BCUT2D eigenvalue weighted by Gasteiger charge is 2.16. The SMILES string of the molecule is COc1ccc(-c2sc(N)nc2C)cc1S(=O)Nc1cnc(OC)c(C)c1. The van der Waals surface area contributed by atoms with Gasteiger partial charge in [0.2, 0.25) is 5.88 Å². The van der Waals surface area contributed by atoms with E-state index in [1.165, 1.54) is 11.3 Å². The third-order valence-electron chi connectivity index (χ3n) is 3.87. The number of nitrogen functional groups attached to an aromatic ring is 1. The number of hydrogen-bond donors (Lipinski definition) is 2. The molecule has 1 unspecified atom stereocenters. The first-order valence-electron chi connectivity index (χ1n) is 8.03. The van der Waals surface area contributed by atoms with Gasteiger partial charge < -0.3 is 15.2 Å². The Bertz CT molecular complexity index is 1000. The number of ether oxygens (including phenoxy) is 2. The lowest BCUT2D eigenvalue weighted by Gasteiger charge is -2.12. The van der Waals surface area contributed by atoms with E-state index in [4.69, 9.17) is 15.2 Å². The third kappa shape index (κ3) is 4.04. The minimum absolute atomic E-state index is 0.499. The normalized spacial score (nSPS) is 11.9. The number of nitrogens with one attached hydrogen (secondary N) is 1. The van der Waals surface area contributed by atoms with Crippen LogP contribution >= 0.6 is 11.3 Å². The molecule has 0 radical (unpaired) electrons. The Labute approximate surface area is 164 Å². The second-order valence-electron chi connectivity index (χ2n) is 5.75. The fourth-order valence-electron chi connectivity index (χ4n) is 2.64. The van der Waals surface area contributed by atoms with E-state index in [-0.39, 0.29) is 0 Å². The van der Waals surface area contributed by atoms with E-state index < -0.39 is 11.0 Å². The summed E-state index contributed by atoms with van der Waals surface area (Å²) < 4.78 is 26.5. The molecule has 0 saturated carbocycles. The van der Waals surface area contributed by atoms with Crippen molar-refractivity contribution in [1.29, 1.82) is 0 Å². The number of thiazole rings is 1. The van der Waals surface area contributed by atoms with Gasteiger partial charge in [0, 0.05) is 5.56 Å². The molecule has 3 N–H and O–H groups in total. The number of hydrogen-bond acceptors (Lipinski definition) is 7. The van der Waals surface area contributed by atoms with Gasteiger partial charge in [0.1, 0.15) is 10.6 Å². The van der Waals surface area contributed by atoms with Crippen molar-refractivity contribution in [1.82, 2.24) is 9.97 Å². The number of nitrogens with two attached hydrogens (primary N) is 1. The fraction of sp³-hybridized carbons (Fsp3) is 0.222. The highest BCUT2D eigenvalue weighted by atomic mass is 32.2. The van der Waals surface area contributed by atoms with E-state index in [0.717, 1.165) is 21.7 Å². The molecule has 0 bridgehead atoms. The zero-order chi connectivity index (χ0) is 19.6. The molecule has 9 heteroatoms. The summed E-state index contributed by atoms with van der Waals surface area (Å²) in [5.74, 6) is 1.06. The topological polar surface area (TPSA) is 99.4 Å². The third-order valence-corrected chi connectivity index (χ3v) is 6.05. The maximum atomic E-state index is 13.0. The van der Waals surface area contributed by atoms with Crippen LogP contribution in [0.2, 0.25) is 0 Å². The molecular weight excluding hydrogens is 384 g/mol. The van der Waals surface area contributed by atoms with Crippen LogP contribution in [-0.4, -0.2) is 28.4 Å². The predicted molar refractivity (Wildman–Crippen MR) is 109 cm³/mol. The van der Waals surface area contributed by atoms with Gasteiger partial charge in [-0.3, -0.25) is 4.72 Å². The van der Waals surface area contributed by atoms with Gasteiger partial charge in [-0.15, -0.1) is 0 Å². The zero-order valence-electron chi connectivity index (χ0n) is 15.4. The quantitative estimate of drug-likeness (QED) is 0.652. The molecule has 1 atom stereocenters. The average Bonchev–Trinajstić information content (AvgIpc) is 2.99. The van der Waals surface area contributed by atoms with Gasteiger partial charge >= 0.3 is 0 Å². The Morgan fingerprint density at radius 2 is 1.96 bits per heavy atom. The van der Waals surface area contributed by atoms with Crippen LogP contribution in [0, 0.1) is 13.8 Å². The number of benzene rings is 1. The number of anilines is 2. The van der Waals surface area contributed by atoms with Crippen LogP contribution in [0.4, 0.5) is 10.8 Å². The van der Waals surface area contributed by atoms with Crippen molar-refractivity contribution in [2.24, 2.45) is 0 Å². The van der Waals surface area contributed by atoms with Gasteiger partial charge in [0.15, 0.2) is 16.1 Å². The Morgan fingerprint density at radius 1 is 1.19 bits per heavy atom. The minimum Gasteiger partial charge on any atom is -0.495 e. The summed E-state index contributed by atoms with van der Waals surface area (Å²) in [6.07, 6.45) is 1.58. The number of methoxy groups -OCH3 is 2. The van der Waals surface area contributed by atoms with E-state index in [1.54, 1.807) is 26.5 Å². The highest BCUT2D eigenvalue weighted by molar-refractivity contribution is 7.86. The number of aromatic nitrogens is 2. The van der Waals surface area contributed by atoms with Crippen molar-refractivity contribution < 1.29 is 13.7 Å². The number of pyridine rings is 1. The van der Waals surface area contributed by atoms with Crippen LogP contribution in [0.1, 0.15) is 11.3 Å². The summed E-state index contributed by atoms with van der Waals surface area (Å²) in [5.41, 5.74) is 8.99. The Kier molecular flexibility index (Phi) is 5.62. The van der Waals surface area contributed by atoms with E-state index in [0.29, 0.717) is 27.3 Å². The first kappa shape index (κ1) is 19.1. The van der Waals surface area contributed by atoms with E-state index >= 15 is 0 Å². The van der Waals surface area contributed by atoms with Gasteiger partial charge in [-0.1, -0.05) is 11.3 Å². The summed E-state index contributed by atoms with van der Waals surface area (Å²) in [4.78, 5) is 9.91. The van der Waals surface area contributed by atoms with Crippen LogP contribution < -0.4 is 19.9 Å². The smallest absolute Gasteiger partial charge is 0.216 e. The lowest BCUT2D eigenvalue weighted by molar-refractivity contribution is 0.395. The molecule has 27 heavy (non-hydrogen) atoms. The lowest BCUT2D eigenvalue weighted by atomic mass is 10.1. The second-order valence-corrected chi connectivity index (χ2v) is 7.97. The zero-order valence-corrected chi connectivity index (χ0v) is 17.0. The molecule has 1 aromatic carbocycles. The van der Waals surface area contributed by atoms with Gasteiger partial charge in [-0.2, -0.15) is 0 Å². The van der Waals surface area contributed by atoms with Gasteiger partial charge in [-0.05, 0) is 43.7 Å². The van der Waals surface area contributed by atoms with Gasteiger partial charge in [-0.25, -0.2) is 14.2 Å². The van der Waals surface area contributed by atoms with Crippen molar-refractivity contribution in [3.8, 4) is 22.1 Å². The molecule has 0 amide bonds. The molecular formula is C18H20N4O3S2. The summed E-state index contributed by atoms with van der Waals surface area (Å²) in [5, 5.41) is 0.499. The van der Waals surface area contributed by atoms with Crippen LogP contribution in [0.25, 0.3) is 10.4 Å². The molecule has 0 aliphatic heterocycles. The van der Waals surface area contributed by atoms with E-state index in [2.05, 4.69) is 14.7 Å². The highest BCUT2D eigenvalue weighted by Crippen LogP contribution is 2.35. The molecule has 0 fully saturated rings. The predicted octanol–water partition coefficient (Wildman–Crippen LogP) is 3.56. The molecule has 3 rings (SSSR count). The minimum atomic E-state index is -1.55. The molecule has 2 aromatic heterocycles. The summed E-state index contributed by atoms with van der Waals surface area (Å²) in [6, 6.07) is 7.34. The monoisotopic (exact) mass is 404 g/mol. The Hall–Kier alpha value is -2.65. The van der Waals surface area contributed by atoms with Crippen molar-refractivity contribution in [2.75, 3.05) is 24.7 Å². The molecule has 142 valence electrons. The summed E-state index contributed by atoms with van der Waals surface area (Å²) in [7, 11) is 1.56. The van der Waals surface area contributed by atoms with E-state index in [1.807, 2.05) is 32.0 Å². The summed E-state index contributed by atoms with van der Waals surface area (Å²) >= 11 is 1.39. The molecule has 0 saturated heterocycles. The van der Waals surface area contributed by atoms with Crippen LogP contribution in [0.15, 0.2) is 35.4 Å². The molecule has 2 heterocycles. The average molecular weight is 405 g/mol. The summed E-state index contributed by atoms with van der Waals surface area (Å²) in [6.45, 7) is 3.77. The van der Waals surface area contributed by atoms with E-state index in [9.17, 15) is 4.21 Å². The largest absolute Gasteiger partial charge is 0.495 e. The Balaban J connectivity index is 1.94. The van der Waals surface area contributed by atoms with Gasteiger partial charge in [0.25, 0.3) is 0 Å². The van der Waals surface area contributed by atoms with Crippen molar-refractivity contribution in [3.05, 3.63) is 41.7 Å². The first-order valence-corrected chi connectivity index (χ1v) is 10.00. The molecule has 3 aromatic rings. The van der Waals surface area contributed by atoms with Crippen molar-refractivity contribution in [3.63, 3.8) is 0 Å². The number of aryl methyl sites for hydroxylation is 2. The van der Waals surface area contributed by atoms with Crippen LogP contribution in [0.5, 0.6) is 11.6 Å². The molecule has 0 aliphatic rings. The second kappa shape index (κ2) is 7.93. The fourth-order valence-corrected chi connectivity index (χ4v) is 4.48. The molecule has 0 aliphatic carbocycles. The standard InChI is InChI=1S/C18H20N4O3S2/c1-10-7-13(9-20-17(10)25-4)22-27(23)15-8-12(5-6-14(15)24-3)16-11(2)21-18(19)26-16/h5-9,22H,1-4H3,(H2,19,21). The van der Waals surface area contributed by atoms with Crippen LogP contribution in [-0.2, 0) is 11.0 Å². The van der Waals surface area contributed by atoms with Crippen molar-refractivity contribution >= 4 is 33.1 Å². The Morgan fingerprint density at radius 3 is 2.56 bits per heavy atom. The van der Waals surface area contributed by atoms with Crippen molar-refractivity contribution in [2.45, 2.75) is 18.7 Å². The maximum absolute atomic E-state index is 13.0.